The minimum Gasteiger partial charge on any atom is -0.477 e. The van der Waals surface area contributed by atoms with Crippen molar-refractivity contribution in [3.05, 3.63) is 11.3 Å². The summed E-state index contributed by atoms with van der Waals surface area (Å²) in [6.07, 6.45) is 0. The lowest BCUT2D eigenvalue weighted by atomic mass is 10.2. The van der Waals surface area contributed by atoms with E-state index < -0.39 is 11.8 Å². The first-order chi connectivity index (χ1) is 4.46. The monoisotopic (exact) mass is 143 g/mol. The molecule has 0 rings (SSSR count). The molecule has 0 atom stereocenters. The zero-order valence-electron chi connectivity index (χ0n) is 5.51. The van der Waals surface area contributed by atoms with Crippen LogP contribution < -0.4 is 11.5 Å². The summed E-state index contributed by atoms with van der Waals surface area (Å²) in [5.74, 6) is -1.79. The Labute approximate surface area is 57.8 Å². The van der Waals surface area contributed by atoms with Crippen molar-refractivity contribution in [2.75, 3.05) is 0 Å². The molecule has 0 saturated carbocycles. The van der Waals surface area contributed by atoms with Crippen LogP contribution in [0.25, 0.3) is 0 Å². The fraction of sp³-hybridized carbons (Fsp3) is 0.200. The first-order valence-electron chi connectivity index (χ1n) is 2.51. The third-order valence-electron chi connectivity index (χ3n) is 0.878. The van der Waals surface area contributed by atoms with Crippen molar-refractivity contribution in [1.29, 1.82) is 5.41 Å². The number of aliphatic carboxylic acids is 1. The van der Waals surface area contributed by atoms with E-state index in [2.05, 4.69) is 0 Å². The third-order valence-corrected chi connectivity index (χ3v) is 0.878. The fourth-order valence-corrected chi connectivity index (χ4v) is 0.496. The summed E-state index contributed by atoms with van der Waals surface area (Å²) in [6, 6.07) is 0. The van der Waals surface area contributed by atoms with E-state index in [9.17, 15) is 4.79 Å². The Morgan fingerprint density at radius 2 is 1.90 bits per heavy atom. The molecule has 0 aliphatic carbocycles. The van der Waals surface area contributed by atoms with E-state index in [1.54, 1.807) is 0 Å². The minimum absolute atomic E-state index is 0.0417. The zero-order chi connectivity index (χ0) is 8.31. The molecule has 0 bridgehead atoms. The molecule has 0 unspecified atom stereocenters. The van der Waals surface area contributed by atoms with Crippen LogP contribution >= 0.6 is 0 Å². The fourth-order valence-electron chi connectivity index (χ4n) is 0.496. The second-order valence-electron chi connectivity index (χ2n) is 1.78. The SMILES string of the molecule is C/C(N)=C(/C(=N)N)C(=O)O. The van der Waals surface area contributed by atoms with Crippen LogP contribution in [0.5, 0.6) is 0 Å². The molecule has 10 heavy (non-hydrogen) atoms. The summed E-state index contributed by atoms with van der Waals surface area (Å²) in [5, 5.41) is 15.1. The van der Waals surface area contributed by atoms with Gasteiger partial charge in [0.25, 0.3) is 0 Å². The Morgan fingerprint density at radius 1 is 1.50 bits per heavy atom. The van der Waals surface area contributed by atoms with Crippen molar-refractivity contribution >= 4 is 11.8 Å². The number of hydrogen-bond donors (Lipinski definition) is 4. The second kappa shape index (κ2) is 2.86. The van der Waals surface area contributed by atoms with Crippen LogP contribution in [-0.2, 0) is 4.79 Å². The van der Waals surface area contributed by atoms with Gasteiger partial charge in [0.15, 0.2) is 0 Å². The topological polar surface area (TPSA) is 113 Å². The predicted octanol–water partition coefficient (Wildman–Crippen LogP) is -0.760. The van der Waals surface area contributed by atoms with Gasteiger partial charge in [0, 0.05) is 5.70 Å². The standard InChI is InChI=1S/C5H9N3O2/c1-2(6)3(4(7)8)5(9)10/h6H2,1H3,(H3,7,8)(H,9,10)/b3-2+. The van der Waals surface area contributed by atoms with Crippen LogP contribution in [0.3, 0.4) is 0 Å². The Kier molecular flexibility index (Phi) is 2.43. The highest BCUT2D eigenvalue weighted by Gasteiger charge is 2.12. The highest BCUT2D eigenvalue weighted by atomic mass is 16.4. The second-order valence-corrected chi connectivity index (χ2v) is 1.78. The van der Waals surface area contributed by atoms with Gasteiger partial charge in [-0.3, -0.25) is 5.41 Å². The smallest absolute Gasteiger partial charge is 0.341 e. The molecule has 0 heterocycles. The lowest BCUT2D eigenvalue weighted by Gasteiger charge is -1.99. The van der Waals surface area contributed by atoms with Gasteiger partial charge in [-0.15, -0.1) is 0 Å². The Bertz CT molecular complexity index is 187. The third kappa shape index (κ3) is 1.77. The molecule has 5 heteroatoms. The van der Waals surface area contributed by atoms with E-state index >= 15 is 0 Å². The number of carboxylic acids is 1. The Hall–Kier alpha value is -1.52. The van der Waals surface area contributed by atoms with Gasteiger partial charge in [-0.2, -0.15) is 0 Å². The molecule has 56 valence electrons. The quantitative estimate of drug-likeness (QED) is 0.231. The molecule has 0 aliphatic heterocycles. The first-order valence-corrected chi connectivity index (χ1v) is 2.51. The molecule has 0 aromatic heterocycles. The molecule has 0 radical (unpaired) electrons. The van der Waals surface area contributed by atoms with Gasteiger partial charge in [-0.1, -0.05) is 0 Å². The van der Waals surface area contributed by atoms with Crippen LogP contribution in [-0.4, -0.2) is 16.9 Å². The number of carboxylic acid groups (broad SMARTS) is 1. The number of nitrogens with two attached hydrogens (primary N) is 2. The molecule has 0 spiro atoms. The van der Waals surface area contributed by atoms with Gasteiger partial charge in [-0.05, 0) is 6.92 Å². The van der Waals surface area contributed by atoms with E-state index in [0.29, 0.717) is 0 Å². The van der Waals surface area contributed by atoms with Crippen molar-refractivity contribution in [1.82, 2.24) is 0 Å². The minimum atomic E-state index is -1.27. The molecular formula is C5H9N3O2. The molecule has 0 fully saturated rings. The molecule has 0 saturated heterocycles. The van der Waals surface area contributed by atoms with Crippen molar-refractivity contribution in [3.63, 3.8) is 0 Å². The van der Waals surface area contributed by atoms with Gasteiger partial charge in [0.2, 0.25) is 0 Å². The van der Waals surface area contributed by atoms with Crippen LogP contribution in [0.1, 0.15) is 6.92 Å². The summed E-state index contributed by atoms with van der Waals surface area (Å²) < 4.78 is 0. The van der Waals surface area contributed by atoms with Crippen molar-refractivity contribution in [2.45, 2.75) is 6.92 Å². The highest BCUT2D eigenvalue weighted by molar-refractivity contribution is 6.16. The van der Waals surface area contributed by atoms with Gasteiger partial charge in [0.1, 0.15) is 11.4 Å². The highest BCUT2D eigenvalue weighted by Crippen LogP contribution is 1.96. The summed E-state index contributed by atoms with van der Waals surface area (Å²) in [6.45, 7) is 1.38. The van der Waals surface area contributed by atoms with E-state index in [1.165, 1.54) is 6.92 Å². The largest absolute Gasteiger partial charge is 0.477 e. The molecule has 6 N–H and O–H groups in total. The van der Waals surface area contributed by atoms with E-state index in [0.717, 1.165) is 0 Å². The Morgan fingerprint density at radius 3 is 1.90 bits per heavy atom. The van der Waals surface area contributed by atoms with Crippen LogP contribution in [0, 0.1) is 5.41 Å². The van der Waals surface area contributed by atoms with Gasteiger partial charge in [0.05, 0.1) is 0 Å². The first kappa shape index (κ1) is 8.48. The lowest BCUT2D eigenvalue weighted by Crippen LogP contribution is -2.23. The maximum Gasteiger partial charge on any atom is 0.341 e. The summed E-state index contributed by atoms with van der Waals surface area (Å²) >= 11 is 0. The van der Waals surface area contributed by atoms with Crippen LogP contribution in [0.4, 0.5) is 0 Å². The molecule has 5 nitrogen and oxygen atoms in total. The molecule has 0 aromatic carbocycles. The van der Waals surface area contributed by atoms with Gasteiger partial charge >= 0.3 is 5.97 Å². The van der Waals surface area contributed by atoms with Crippen molar-refractivity contribution < 1.29 is 9.90 Å². The summed E-state index contributed by atoms with van der Waals surface area (Å²) in [7, 11) is 0. The Balaban J connectivity index is 4.79. The molecular weight excluding hydrogens is 134 g/mol. The van der Waals surface area contributed by atoms with E-state index in [4.69, 9.17) is 22.0 Å². The van der Waals surface area contributed by atoms with Gasteiger partial charge < -0.3 is 16.6 Å². The predicted molar refractivity (Wildman–Crippen MR) is 36.4 cm³/mol. The number of hydrogen-bond acceptors (Lipinski definition) is 3. The molecule has 0 amide bonds. The van der Waals surface area contributed by atoms with Crippen molar-refractivity contribution in [3.8, 4) is 0 Å². The summed E-state index contributed by atoms with van der Waals surface area (Å²) in [5.41, 5.74) is 9.73. The number of rotatable bonds is 2. The number of amidine groups is 1. The number of allylic oxidation sites excluding steroid dienone is 1. The maximum absolute atomic E-state index is 10.2. The maximum atomic E-state index is 10.2. The summed E-state index contributed by atoms with van der Waals surface area (Å²) in [4.78, 5) is 10.2. The zero-order valence-corrected chi connectivity index (χ0v) is 5.51. The lowest BCUT2D eigenvalue weighted by molar-refractivity contribution is -0.132. The normalized spacial score (nSPS) is 12.1. The molecule has 0 aromatic rings. The molecule has 0 aliphatic rings. The van der Waals surface area contributed by atoms with Crippen LogP contribution in [0.15, 0.2) is 11.3 Å². The average molecular weight is 143 g/mol. The van der Waals surface area contributed by atoms with Gasteiger partial charge in [-0.25, -0.2) is 4.79 Å². The van der Waals surface area contributed by atoms with Crippen LogP contribution in [0.2, 0.25) is 0 Å². The average Bonchev–Trinajstić information content (AvgIpc) is 1.59. The number of nitrogens with one attached hydrogen (secondary N) is 1. The number of carbonyl (C=O) groups is 1. The van der Waals surface area contributed by atoms with E-state index in [1.807, 2.05) is 0 Å². The van der Waals surface area contributed by atoms with E-state index in [-0.39, 0.29) is 11.3 Å². The van der Waals surface area contributed by atoms with Crippen molar-refractivity contribution in [2.24, 2.45) is 11.5 Å².